The molecule has 0 radical (unpaired) electrons. The molecule has 0 amide bonds. The first-order chi connectivity index (χ1) is 8.99. The predicted octanol–water partition coefficient (Wildman–Crippen LogP) is 2.22. The minimum Gasteiger partial charge on any atom is -0.492 e. The molecule has 0 spiro atoms. The van der Waals surface area contributed by atoms with E-state index in [9.17, 15) is 0 Å². The molecule has 1 heterocycles. The van der Waals surface area contributed by atoms with E-state index in [2.05, 4.69) is 43.1 Å². The molecule has 0 aliphatic carbocycles. The SMILES string of the molecule is Cc1ccc(OCCCN(C)C)c(CNC(C)C)n1. The van der Waals surface area contributed by atoms with E-state index >= 15 is 0 Å². The van der Waals surface area contributed by atoms with Gasteiger partial charge in [-0.05, 0) is 39.6 Å². The highest BCUT2D eigenvalue weighted by Gasteiger charge is 2.06. The lowest BCUT2D eigenvalue weighted by molar-refractivity contribution is 0.277. The van der Waals surface area contributed by atoms with Gasteiger partial charge in [0, 0.05) is 24.8 Å². The number of nitrogens with one attached hydrogen (secondary N) is 1. The van der Waals surface area contributed by atoms with Crippen molar-refractivity contribution >= 4 is 0 Å². The summed E-state index contributed by atoms with van der Waals surface area (Å²) in [6.07, 6.45) is 1.03. The Kier molecular flexibility index (Phi) is 6.81. The molecule has 4 nitrogen and oxygen atoms in total. The van der Waals surface area contributed by atoms with Gasteiger partial charge in [-0.25, -0.2) is 0 Å². The largest absolute Gasteiger partial charge is 0.492 e. The maximum absolute atomic E-state index is 5.85. The Bertz CT molecular complexity index is 378. The highest BCUT2D eigenvalue weighted by Crippen LogP contribution is 2.17. The van der Waals surface area contributed by atoms with E-state index in [4.69, 9.17) is 4.74 Å². The Morgan fingerprint density at radius 3 is 2.68 bits per heavy atom. The monoisotopic (exact) mass is 265 g/mol. The lowest BCUT2D eigenvalue weighted by atomic mass is 10.2. The standard InChI is InChI=1S/C15H27N3O/c1-12(2)16-11-14-15(8-7-13(3)17-14)19-10-6-9-18(4)5/h7-8,12,16H,6,9-11H2,1-5H3. The third kappa shape index (κ3) is 6.55. The lowest BCUT2D eigenvalue weighted by Crippen LogP contribution is -2.23. The molecule has 1 aromatic heterocycles. The van der Waals surface area contributed by atoms with Gasteiger partial charge in [-0.1, -0.05) is 13.8 Å². The van der Waals surface area contributed by atoms with Crippen molar-refractivity contribution in [2.75, 3.05) is 27.2 Å². The number of pyridine rings is 1. The molecule has 0 bridgehead atoms. The molecule has 0 unspecified atom stereocenters. The summed E-state index contributed by atoms with van der Waals surface area (Å²) in [5.41, 5.74) is 2.03. The lowest BCUT2D eigenvalue weighted by Gasteiger charge is -2.14. The second kappa shape index (κ2) is 8.12. The van der Waals surface area contributed by atoms with Crippen molar-refractivity contribution in [1.29, 1.82) is 0 Å². The van der Waals surface area contributed by atoms with Crippen molar-refractivity contribution in [2.24, 2.45) is 0 Å². The first-order valence-corrected chi connectivity index (χ1v) is 6.96. The van der Waals surface area contributed by atoms with E-state index in [1.165, 1.54) is 0 Å². The third-order valence-electron chi connectivity index (χ3n) is 2.76. The van der Waals surface area contributed by atoms with Crippen molar-refractivity contribution in [3.8, 4) is 5.75 Å². The maximum atomic E-state index is 5.85. The van der Waals surface area contributed by atoms with Gasteiger partial charge in [-0.15, -0.1) is 0 Å². The van der Waals surface area contributed by atoms with Gasteiger partial charge in [0.15, 0.2) is 0 Å². The summed E-state index contributed by atoms with van der Waals surface area (Å²) >= 11 is 0. The Morgan fingerprint density at radius 1 is 1.32 bits per heavy atom. The highest BCUT2D eigenvalue weighted by atomic mass is 16.5. The van der Waals surface area contributed by atoms with Crippen LogP contribution in [0.5, 0.6) is 5.75 Å². The van der Waals surface area contributed by atoms with Gasteiger partial charge >= 0.3 is 0 Å². The van der Waals surface area contributed by atoms with E-state index in [0.717, 1.165) is 43.3 Å². The van der Waals surface area contributed by atoms with E-state index in [0.29, 0.717) is 6.04 Å². The topological polar surface area (TPSA) is 37.4 Å². The van der Waals surface area contributed by atoms with Crippen LogP contribution in [0.2, 0.25) is 0 Å². The predicted molar refractivity (Wildman–Crippen MR) is 79.6 cm³/mol. The molecule has 0 aliphatic heterocycles. The molecule has 1 N–H and O–H groups in total. The summed E-state index contributed by atoms with van der Waals surface area (Å²) in [7, 11) is 4.15. The Labute approximate surface area is 117 Å². The summed E-state index contributed by atoms with van der Waals surface area (Å²) in [5.74, 6) is 0.900. The molecule has 108 valence electrons. The number of aromatic nitrogens is 1. The summed E-state index contributed by atoms with van der Waals surface area (Å²) in [6, 6.07) is 4.47. The molecule has 0 atom stereocenters. The summed E-state index contributed by atoms with van der Waals surface area (Å²) in [5, 5.41) is 3.39. The van der Waals surface area contributed by atoms with Gasteiger partial charge < -0.3 is 15.0 Å². The number of ether oxygens (including phenoxy) is 1. The summed E-state index contributed by atoms with van der Waals surface area (Å²) in [6.45, 7) is 8.80. The van der Waals surface area contributed by atoms with Crippen LogP contribution < -0.4 is 10.1 Å². The average molecular weight is 265 g/mol. The van der Waals surface area contributed by atoms with E-state index in [1.54, 1.807) is 0 Å². The Balaban J connectivity index is 2.55. The van der Waals surface area contributed by atoms with Crippen LogP contribution in [0.1, 0.15) is 31.7 Å². The molecule has 19 heavy (non-hydrogen) atoms. The fourth-order valence-electron chi connectivity index (χ4n) is 1.72. The van der Waals surface area contributed by atoms with Crippen LogP contribution >= 0.6 is 0 Å². The molecule has 0 saturated carbocycles. The minimum atomic E-state index is 0.448. The highest BCUT2D eigenvalue weighted by molar-refractivity contribution is 5.29. The van der Waals surface area contributed by atoms with Crippen molar-refractivity contribution in [3.05, 3.63) is 23.5 Å². The van der Waals surface area contributed by atoms with Crippen LogP contribution in [0.4, 0.5) is 0 Å². The first-order valence-electron chi connectivity index (χ1n) is 6.96. The van der Waals surface area contributed by atoms with Crippen LogP contribution in [-0.4, -0.2) is 43.2 Å². The van der Waals surface area contributed by atoms with Crippen LogP contribution in [0.3, 0.4) is 0 Å². The van der Waals surface area contributed by atoms with Crippen molar-refractivity contribution in [3.63, 3.8) is 0 Å². The zero-order chi connectivity index (χ0) is 14.3. The van der Waals surface area contributed by atoms with Gasteiger partial charge in [-0.2, -0.15) is 0 Å². The molecule has 0 aliphatic rings. The number of rotatable bonds is 8. The first kappa shape index (κ1) is 15.9. The maximum Gasteiger partial charge on any atom is 0.142 e. The smallest absolute Gasteiger partial charge is 0.142 e. The molecular formula is C15H27N3O. The molecule has 0 aromatic carbocycles. The zero-order valence-corrected chi connectivity index (χ0v) is 12.9. The van der Waals surface area contributed by atoms with E-state index in [1.807, 2.05) is 19.1 Å². The molecule has 0 fully saturated rings. The number of hydrogen-bond donors (Lipinski definition) is 1. The van der Waals surface area contributed by atoms with Gasteiger partial charge in [0.1, 0.15) is 5.75 Å². The van der Waals surface area contributed by atoms with Crippen molar-refractivity contribution < 1.29 is 4.74 Å². The second-order valence-electron chi connectivity index (χ2n) is 5.44. The molecule has 1 aromatic rings. The fraction of sp³-hybridized carbons (Fsp3) is 0.667. The van der Waals surface area contributed by atoms with Crippen LogP contribution in [0, 0.1) is 6.92 Å². The van der Waals surface area contributed by atoms with Crippen LogP contribution in [-0.2, 0) is 6.54 Å². The van der Waals surface area contributed by atoms with Crippen LogP contribution in [0.15, 0.2) is 12.1 Å². The van der Waals surface area contributed by atoms with Crippen LogP contribution in [0.25, 0.3) is 0 Å². The minimum absolute atomic E-state index is 0.448. The van der Waals surface area contributed by atoms with E-state index < -0.39 is 0 Å². The molecule has 1 rings (SSSR count). The zero-order valence-electron chi connectivity index (χ0n) is 12.9. The average Bonchev–Trinajstić information content (AvgIpc) is 2.33. The normalized spacial score (nSPS) is 11.3. The number of hydrogen-bond acceptors (Lipinski definition) is 4. The summed E-state index contributed by atoms with van der Waals surface area (Å²) in [4.78, 5) is 6.73. The van der Waals surface area contributed by atoms with Gasteiger partial charge in [0.05, 0.1) is 12.3 Å². The molecular weight excluding hydrogens is 238 g/mol. The Hall–Kier alpha value is -1.13. The number of aryl methyl sites for hydroxylation is 1. The second-order valence-corrected chi connectivity index (χ2v) is 5.44. The molecule has 0 saturated heterocycles. The fourth-order valence-corrected chi connectivity index (χ4v) is 1.72. The van der Waals surface area contributed by atoms with Crippen molar-refractivity contribution in [1.82, 2.24) is 15.2 Å². The quantitative estimate of drug-likeness (QED) is 0.731. The van der Waals surface area contributed by atoms with Gasteiger partial charge in [-0.3, -0.25) is 4.98 Å². The van der Waals surface area contributed by atoms with Crippen molar-refractivity contribution in [2.45, 2.75) is 39.8 Å². The van der Waals surface area contributed by atoms with Gasteiger partial charge in [0.2, 0.25) is 0 Å². The number of nitrogens with zero attached hydrogens (tertiary/aromatic N) is 2. The van der Waals surface area contributed by atoms with E-state index in [-0.39, 0.29) is 0 Å². The Morgan fingerprint density at radius 2 is 2.05 bits per heavy atom. The third-order valence-corrected chi connectivity index (χ3v) is 2.76. The summed E-state index contributed by atoms with van der Waals surface area (Å²) < 4.78 is 5.85. The van der Waals surface area contributed by atoms with Gasteiger partial charge in [0.25, 0.3) is 0 Å². The molecule has 4 heteroatoms.